The Balaban J connectivity index is 1.57. The molecule has 2 saturated heterocycles. The van der Waals surface area contributed by atoms with Gasteiger partial charge in [-0.1, -0.05) is 0 Å². The molecular weight excluding hydrogens is 344 g/mol. The van der Waals surface area contributed by atoms with E-state index in [1.165, 1.54) is 24.3 Å². The van der Waals surface area contributed by atoms with Crippen LogP contribution in [0.3, 0.4) is 0 Å². The molecule has 0 aliphatic carbocycles. The average Bonchev–Trinajstić information content (AvgIpc) is 3.47. The van der Waals surface area contributed by atoms with Crippen LogP contribution >= 0.6 is 0 Å². The molecule has 2 aromatic rings. The first kappa shape index (κ1) is 16.6. The Morgan fingerprint density at radius 1 is 0.692 bits per heavy atom. The third-order valence-electron chi connectivity index (χ3n) is 4.06. The van der Waals surface area contributed by atoms with Crippen LogP contribution in [-0.2, 0) is 9.47 Å². The molecule has 8 heteroatoms. The molecule has 138 valence electrons. The number of rotatable bonds is 7. The molecule has 2 heterocycles. The Morgan fingerprint density at radius 3 is 1.27 bits per heavy atom. The maximum atomic E-state index is 10.1. The summed E-state index contributed by atoms with van der Waals surface area (Å²) in [5, 5.41) is 40.5. The molecule has 0 amide bonds. The van der Waals surface area contributed by atoms with E-state index >= 15 is 0 Å². The predicted molar refractivity (Wildman–Crippen MR) is 89.0 cm³/mol. The zero-order chi connectivity index (χ0) is 18.3. The summed E-state index contributed by atoms with van der Waals surface area (Å²) < 4.78 is 20.7. The van der Waals surface area contributed by atoms with Crippen molar-refractivity contribution in [2.75, 3.05) is 26.4 Å². The molecule has 4 rings (SSSR count). The van der Waals surface area contributed by atoms with Gasteiger partial charge in [0, 0.05) is 0 Å². The molecule has 2 aliphatic rings. The van der Waals surface area contributed by atoms with Gasteiger partial charge in [0.1, 0.15) is 25.4 Å². The molecule has 2 aromatic carbocycles. The van der Waals surface area contributed by atoms with Gasteiger partial charge in [-0.2, -0.15) is 0 Å². The number of aromatic hydroxyl groups is 4. The summed E-state index contributed by atoms with van der Waals surface area (Å²) in [5.41, 5.74) is 0.774. The van der Waals surface area contributed by atoms with Gasteiger partial charge in [0.25, 0.3) is 0 Å². The maximum absolute atomic E-state index is 10.1. The highest BCUT2D eigenvalue weighted by atomic mass is 16.6. The molecule has 2 fully saturated rings. The van der Waals surface area contributed by atoms with Gasteiger partial charge in [0.2, 0.25) is 11.5 Å². The van der Waals surface area contributed by atoms with Gasteiger partial charge in [-0.25, -0.2) is 0 Å². The molecule has 2 atom stereocenters. The second-order valence-electron chi connectivity index (χ2n) is 6.22. The third-order valence-corrected chi connectivity index (χ3v) is 4.06. The summed E-state index contributed by atoms with van der Waals surface area (Å²) in [5.74, 6) is -1.11. The van der Waals surface area contributed by atoms with Crippen molar-refractivity contribution >= 4 is 0 Å². The molecule has 8 nitrogen and oxygen atoms in total. The first-order valence-electron chi connectivity index (χ1n) is 8.12. The first-order chi connectivity index (χ1) is 12.5. The van der Waals surface area contributed by atoms with Crippen molar-refractivity contribution in [1.29, 1.82) is 0 Å². The number of hydrogen-bond acceptors (Lipinski definition) is 8. The van der Waals surface area contributed by atoms with Crippen LogP contribution in [0.5, 0.6) is 34.5 Å². The van der Waals surface area contributed by atoms with Crippen LogP contribution in [0.2, 0.25) is 0 Å². The lowest BCUT2D eigenvalue weighted by Crippen LogP contribution is -2.04. The highest BCUT2D eigenvalue weighted by molar-refractivity contribution is 5.74. The molecular formula is C18H18O8. The van der Waals surface area contributed by atoms with Crippen molar-refractivity contribution in [3.05, 3.63) is 24.3 Å². The molecule has 0 spiro atoms. The molecule has 0 saturated carbocycles. The van der Waals surface area contributed by atoms with E-state index in [9.17, 15) is 20.4 Å². The van der Waals surface area contributed by atoms with Gasteiger partial charge < -0.3 is 39.4 Å². The van der Waals surface area contributed by atoms with Gasteiger partial charge in [-0.05, 0) is 35.4 Å². The van der Waals surface area contributed by atoms with E-state index in [2.05, 4.69) is 0 Å². The van der Waals surface area contributed by atoms with E-state index < -0.39 is 0 Å². The summed E-state index contributed by atoms with van der Waals surface area (Å²) in [4.78, 5) is 0. The van der Waals surface area contributed by atoms with E-state index in [1.54, 1.807) is 0 Å². The number of hydrogen-bond donors (Lipinski definition) is 4. The molecule has 26 heavy (non-hydrogen) atoms. The van der Waals surface area contributed by atoms with Crippen molar-refractivity contribution in [2.24, 2.45) is 0 Å². The predicted octanol–water partition coefficient (Wildman–Crippen LogP) is 1.73. The highest BCUT2D eigenvalue weighted by Gasteiger charge is 2.26. The summed E-state index contributed by atoms with van der Waals surface area (Å²) in [6.07, 6.45) is -0.0353. The molecule has 0 bridgehead atoms. The average molecular weight is 362 g/mol. The SMILES string of the molecule is Oc1cc(-c2cc(O)c(OCC3CO3)c(O)c2)cc(O)c1OCC1CO1. The van der Waals surface area contributed by atoms with Crippen LogP contribution < -0.4 is 9.47 Å². The number of phenols is 4. The summed E-state index contributed by atoms with van der Waals surface area (Å²) >= 11 is 0. The first-order valence-corrected chi connectivity index (χ1v) is 8.12. The number of epoxide rings is 2. The fourth-order valence-electron chi connectivity index (χ4n) is 2.51. The standard InChI is InChI=1S/C18H18O8/c19-13-1-9(2-14(20)17(13)25-7-11-5-23-11)10-3-15(21)18(16(22)4-10)26-8-12-6-24-12/h1-4,11-12,19-22H,5-8H2. The Hall–Kier alpha value is -2.84. The second kappa shape index (κ2) is 6.47. The molecule has 2 aliphatic heterocycles. The summed E-state index contributed by atoms with van der Waals surface area (Å²) in [7, 11) is 0. The van der Waals surface area contributed by atoms with E-state index in [0.29, 0.717) is 24.3 Å². The van der Waals surface area contributed by atoms with Crippen molar-refractivity contribution in [2.45, 2.75) is 12.2 Å². The number of benzene rings is 2. The number of phenolic OH excluding ortho intramolecular Hbond substituents is 4. The van der Waals surface area contributed by atoms with Crippen LogP contribution in [0, 0.1) is 0 Å². The second-order valence-corrected chi connectivity index (χ2v) is 6.22. The topological polar surface area (TPSA) is 124 Å². The van der Waals surface area contributed by atoms with Crippen LogP contribution in [0.4, 0.5) is 0 Å². The highest BCUT2D eigenvalue weighted by Crippen LogP contribution is 2.44. The quantitative estimate of drug-likeness (QED) is 0.549. The van der Waals surface area contributed by atoms with Gasteiger partial charge in [0.15, 0.2) is 23.0 Å². The molecule has 2 unspecified atom stereocenters. The monoisotopic (exact) mass is 362 g/mol. The Kier molecular flexibility index (Phi) is 4.14. The summed E-state index contributed by atoms with van der Waals surface area (Å²) in [6, 6.07) is 5.48. The fraction of sp³-hybridized carbons (Fsp3) is 0.333. The largest absolute Gasteiger partial charge is 0.504 e. The van der Waals surface area contributed by atoms with Crippen molar-refractivity contribution in [1.82, 2.24) is 0 Å². The van der Waals surface area contributed by atoms with Crippen LogP contribution in [0.1, 0.15) is 0 Å². The lowest BCUT2D eigenvalue weighted by molar-refractivity contribution is 0.244. The van der Waals surface area contributed by atoms with E-state index in [-0.39, 0.29) is 59.9 Å². The zero-order valence-electron chi connectivity index (χ0n) is 13.7. The number of ether oxygens (including phenoxy) is 4. The maximum Gasteiger partial charge on any atom is 0.203 e. The Morgan fingerprint density at radius 2 is 1.00 bits per heavy atom. The van der Waals surface area contributed by atoms with Gasteiger partial charge in [-0.15, -0.1) is 0 Å². The normalized spacial score (nSPS) is 20.6. The van der Waals surface area contributed by atoms with Crippen LogP contribution in [0.15, 0.2) is 24.3 Å². The zero-order valence-corrected chi connectivity index (χ0v) is 13.7. The van der Waals surface area contributed by atoms with Crippen LogP contribution in [0.25, 0.3) is 11.1 Å². The lowest BCUT2D eigenvalue weighted by Gasteiger charge is -2.13. The fourth-order valence-corrected chi connectivity index (χ4v) is 2.51. The van der Waals surface area contributed by atoms with Crippen molar-refractivity contribution in [3.8, 4) is 45.6 Å². The van der Waals surface area contributed by atoms with Crippen LogP contribution in [-0.4, -0.2) is 59.1 Å². The van der Waals surface area contributed by atoms with Gasteiger partial charge in [-0.3, -0.25) is 0 Å². The van der Waals surface area contributed by atoms with E-state index in [0.717, 1.165) is 0 Å². The summed E-state index contributed by atoms with van der Waals surface area (Å²) in [6.45, 7) is 1.66. The Bertz CT molecular complexity index is 710. The Labute approximate surface area is 148 Å². The minimum Gasteiger partial charge on any atom is -0.504 e. The minimum absolute atomic E-state index is 0.0176. The molecule has 0 radical (unpaired) electrons. The van der Waals surface area contributed by atoms with E-state index in [1.807, 2.05) is 0 Å². The smallest absolute Gasteiger partial charge is 0.203 e. The molecule has 4 N–H and O–H groups in total. The molecule has 0 aromatic heterocycles. The lowest BCUT2D eigenvalue weighted by atomic mass is 10.0. The van der Waals surface area contributed by atoms with Crippen molar-refractivity contribution in [3.63, 3.8) is 0 Å². The van der Waals surface area contributed by atoms with Gasteiger partial charge in [0.05, 0.1) is 13.2 Å². The minimum atomic E-state index is -0.258. The third kappa shape index (κ3) is 3.56. The van der Waals surface area contributed by atoms with Crippen molar-refractivity contribution < 1.29 is 39.4 Å². The van der Waals surface area contributed by atoms with E-state index in [4.69, 9.17) is 18.9 Å². The van der Waals surface area contributed by atoms with Gasteiger partial charge >= 0.3 is 0 Å².